The quantitative estimate of drug-likeness (QED) is 0.663. The van der Waals surface area contributed by atoms with Gasteiger partial charge in [-0.05, 0) is 36.4 Å². The van der Waals surface area contributed by atoms with Crippen LogP contribution in [0, 0.1) is 15.9 Å². The maximum atomic E-state index is 13.2. The average molecular weight is 338 g/mol. The molecule has 2 aromatic rings. The molecule has 0 atom stereocenters. The summed E-state index contributed by atoms with van der Waals surface area (Å²) >= 11 is 5.69. The maximum absolute atomic E-state index is 13.2. The molecule has 2 rings (SSSR count). The van der Waals surface area contributed by atoms with Crippen LogP contribution in [-0.4, -0.2) is 16.7 Å². The molecular formula is C14H9ClFN3O4. The number of halogens is 2. The third kappa shape index (κ3) is 4.01. The number of hydrogen-bond acceptors (Lipinski definition) is 4. The lowest BCUT2D eigenvalue weighted by Crippen LogP contribution is -2.41. The standard InChI is InChI=1S/C14H9ClFN3O4/c15-10-4-1-8(2-5-10)13(20)17-18-14(21)9-3-6-11(16)12(7-9)19(22)23/h1-7H,(H,17,20)(H,18,21). The van der Waals surface area contributed by atoms with E-state index in [0.29, 0.717) is 5.02 Å². The Morgan fingerprint density at radius 3 is 2.09 bits per heavy atom. The van der Waals surface area contributed by atoms with Gasteiger partial charge in [-0.1, -0.05) is 11.6 Å². The number of nitrogens with one attached hydrogen (secondary N) is 2. The van der Waals surface area contributed by atoms with Crippen molar-refractivity contribution in [2.75, 3.05) is 0 Å². The zero-order valence-electron chi connectivity index (χ0n) is 11.4. The van der Waals surface area contributed by atoms with Crippen molar-refractivity contribution in [3.8, 4) is 0 Å². The summed E-state index contributed by atoms with van der Waals surface area (Å²) in [5.41, 5.74) is 3.46. The Kier molecular flexibility index (Phi) is 4.87. The first-order valence-corrected chi connectivity index (χ1v) is 6.56. The number of carbonyl (C=O) groups excluding carboxylic acids is 2. The van der Waals surface area contributed by atoms with Crippen LogP contribution in [0.3, 0.4) is 0 Å². The smallest absolute Gasteiger partial charge is 0.267 e. The predicted octanol–water partition coefficient (Wildman–Crippen LogP) is 2.46. The van der Waals surface area contributed by atoms with Crippen molar-refractivity contribution >= 4 is 29.1 Å². The van der Waals surface area contributed by atoms with Crippen LogP contribution in [0.1, 0.15) is 20.7 Å². The number of nitrogens with zero attached hydrogens (tertiary/aromatic N) is 1. The molecule has 0 fully saturated rings. The molecule has 118 valence electrons. The molecule has 2 N–H and O–H groups in total. The largest absolute Gasteiger partial charge is 0.305 e. The number of nitro groups is 1. The molecule has 0 heterocycles. The third-order valence-electron chi connectivity index (χ3n) is 2.80. The van der Waals surface area contributed by atoms with E-state index >= 15 is 0 Å². The Morgan fingerprint density at radius 2 is 1.52 bits per heavy atom. The molecule has 9 heteroatoms. The molecule has 23 heavy (non-hydrogen) atoms. The van der Waals surface area contributed by atoms with Crippen molar-refractivity contribution in [3.63, 3.8) is 0 Å². The Hall–Kier alpha value is -3.00. The van der Waals surface area contributed by atoms with Gasteiger partial charge in [-0.25, -0.2) is 0 Å². The zero-order valence-corrected chi connectivity index (χ0v) is 12.1. The van der Waals surface area contributed by atoms with E-state index in [9.17, 15) is 24.1 Å². The predicted molar refractivity (Wildman–Crippen MR) is 79.4 cm³/mol. The van der Waals surface area contributed by atoms with Crippen LogP contribution in [0.25, 0.3) is 0 Å². The van der Waals surface area contributed by atoms with E-state index in [4.69, 9.17) is 11.6 Å². The highest BCUT2D eigenvalue weighted by Crippen LogP contribution is 2.18. The van der Waals surface area contributed by atoms with Gasteiger partial charge in [-0.15, -0.1) is 0 Å². The highest BCUT2D eigenvalue weighted by atomic mass is 35.5. The van der Waals surface area contributed by atoms with Crippen molar-refractivity contribution in [3.05, 3.63) is 74.5 Å². The van der Waals surface area contributed by atoms with Crippen LogP contribution in [0.4, 0.5) is 10.1 Å². The van der Waals surface area contributed by atoms with Crippen LogP contribution in [0.15, 0.2) is 42.5 Å². The number of benzene rings is 2. The van der Waals surface area contributed by atoms with E-state index in [-0.39, 0.29) is 11.1 Å². The lowest BCUT2D eigenvalue weighted by Gasteiger charge is -2.07. The summed E-state index contributed by atoms with van der Waals surface area (Å²) in [6.07, 6.45) is 0. The molecule has 0 bridgehead atoms. The molecule has 0 radical (unpaired) electrons. The summed E-state index contributed by atoms with van der Waals surface area (Å²) in [6.45, 7) is 0. The van der Waals surface area contributed by atoms with Gasteiger partial charge in [0.2, 0.25) is 5.82 Å². The van der Waals surface area contributed by atoms with Gasteiger partial charge in [-0.3, -0.25) is 30.6 Å². The lowest BCUT2D eigenvalue weighted by molar-refractivity contribution is -0.387. The first-order chi connectivity index (χ1) is 10.9. The SMILES string of the molecule is O=C(NNC(=O)c1ccc(F)c([N+](=O)[O-])c1)c1ccc(Cl)cc1. The monoisotopic (exact) mass is 337 g/mol. The molecular weight excluding hydrogens is 329 g/mol. The number of hydrogen-bond donors (Lipinski definition) is 2. The fourth-order valence-corrected chi connectivity index (χ4v) is 1.78. The van der Waals surface area contributed by atoms with Crippen LogP contribution >= 0.6 is 11.6 Å². The molecule has 0 spiro atoms. The topological polar surface area (TPSA) is 101 Å². The molecule has 0 aliphatic carbocycles. The zero-order chi connectivity index (χ0) is 17.0. The van der Waals surface area contributed by atoms with E-state index < -0.39 is 28.2 Å². The molecule has 0 unspecified atom stereocenters. The molecule has 0 aliphatic heterocycles. The number of carbonyl (C=O) groups is 2. The Morgan fingerprint density at radius 1 is 1.00 bits per heavy atom. The summed E-state index contributed by atoms with van der Waals surface area (Å²) in [7, 11) is 0. The van der Waals surface area contributed by atoms with Crippen LogP contribution < -0.4 is 10.9 Å². The van der Waals surface area contributed by atoms with Crippen molar-refractivity contribution in [1.82, 2.24) is 10.9 Å². The summed E-state index contributed by atoms with van der Waals surface area (Å²) in [5.74, 6) is -2.49. The van der Waals surface area contributed by atoms with E-state index in [1.54, 1.807) is 0 Å². The van der Waals surface area contributed by atoms with Gasteiger partial charge < -0.3 is 0 Å². The Balaban J connectivity index is 2.05. The van der Waals surface area contributed by atoms with Gasteiger partial charge in [0.25, 0.3) is 11.8 Å². The van der Waals surface area contributed by atoms with Gasteiger partial charge in [0.05, 0.1) is 4.92 Å². The molecule has 2 aromatic carbocycles. The van der Waals surface area contributed by atoms with Gasteiger partial charge in [0.1, 0.15) is 0 Å². The molecule has 7 nitrogen and oxygen atoms in total. The normalized spacial score (nSPS) is 10.0. The summed E-state index contributed by atoms with van der Waals surface area (Å²) in [4.78, 5) is 33.3. The first kappa shape index (κ1) is 16.4. The van der Waals surface area contributed by atoms with Gasteiger partial charge in [0, 0.05) is 22.2 Å². The second-order valence-corrected chi connectivity index (χ2v) is 4.77. The minimum atomic E-state index is -1.06. The van der Waals surface area contributed by atoms with Crippen molar-refractivity contribution in [2.45, 2.75) is 0 Å². The summed E-state index contributed by atoms with van der Waals surface area (Å²) in [5, 5.41) is 11.1. The van der Waals surface area contributed by atoms with Crippen molar-refractivity contribution in [1.29, 1.82) is 0 Å². The fraction of sp³-hybridized carbons (Fsp3) is 0. The minimum Gasteiger partial charge on any atom is -0.267 e. The molecule has 2 amide bonds. The maximum Gasteiger partial charge on any atom is 0.305 e. The third-order valence-corrected chi connectivity index (χ3v) is 3.05. The summed E-state index contributed by atoms with van der Waals surface area (Å²) in [6, 6.07) is 8.54. The second-order valence-electron chi connectivity index (χ2n) is 4.34. The fourth-order valence-electron chi connectivity index (χ4n) is 1.65. The second kappa shape index (κ2) is 6.84. The highest BCUT2D eigenvalue weighted by molar-refractivity contribution is 6.30. The van der Waals surface area contributed by atoms with Crippen LogP contribution in [0.2, 0.25) is 5.02 Å². The Bertz CT molecular complexity index is 780. The van der Waals surface area contributed by atoms with Crippen molar-refractivity contribution in [2.24, 2.45) is 0 Å². The number of hydrazine groups is 1. The number of amides is 2. The first-order valence-electron chi connectivity index (χ1n) is 6.18. The van der Waals surface area contributed by atoms with Gasteiger partial charge in [0.15, 0.2) is 0 Å². The van der Waals surface area contributed by atoms with E-state index in [2.05, 4.69) is 10.9 Å². The minimum absolute atomic E-state index is 0.172. The van der Waals surface area contributed by atoms with Gasteiger partial charge in [-0.2, -0.15) is 4.39 Å². The number of rotatable bonds is 3. The molecule has 0 aliphatic rings. The Labute approximate surface area is 134 Å². The van der Waals surface area contributed by atoms with Gasteiger partial charge >= 0.3 is 5.69 Å². The van der Waals surface area contributed by atoms with Crippen molar-refractivity contribution < 1.29 is 18.9 Å². The molecule has 0 saturated heterocycles. The van der Waals surface area contributed by atoms with Crippen LogP contribution in [-0.2, 0) is 0 Å². The summed E-state index contributed by atoms with van der Waals surface area (Å²) < 4.78 is 13.2. The molecule has 0 aromatic heterocycles. The van der Waals surface area contributed by atoms with Crippen LogP contribution in [0.5, 0.6) is 0 Å². The van der Waals surface area contributed by atoms with E-state index in [1.165, 1.54) is 24.3 Å². The number of nitro benzene ring substituents is 1. The lowest BCUT2D eigenvalue weighted by atomic mass is 10.2. The highest BCUT2D eigenvalue weighted by Gasteiger charge is 2.18. The van der Waals surface area contributed by atoms with E-state index in [0.717, 1.165) is 18.2 Å². The average Bonchev–Trinajstić information content (AvgIpc) is 2.53. The molecule has 0 saturated carbocycles. The van der Waals surface area contributed by atoms with E-state index in [1.807, 2.05) is 0 Å².